The van der Waals surface area contributed by atoms with Crippen LogP contribution in [0.1, 0.15) is 11.1 Å². The van der Waals surface area contributed by atoms with Gasteiger partial charge in [0.05, 0.1) is 18.2 Å². The fraction of sp³-hybridized carbons (Fsp3) is 0.300. The molecule has 0 radical (unpaired) electrons. The van der Waals surface area contributed by atoms with E-state index in [1.807, 2.05) is 0 Å². The third-order valence-corrected chi connectivity index (χ3v) is 4.16. The average Bonchev–Trinajstić information content (AvgIpc) is 2.77. The lowest BCUT2D eigenvalue weighted by Gasteiger charge is -2.12. The van der Waals surface area contributed by atoms with Gasteiger partial charge in [0, 0.05) is 11.1 Å². The lowest BCUT2D eigenvalue weighted by atomic mass is 10.0. The van der Waals surface area contributed by atoms with Crippen LogP contribution in [-0.4, -0.2) is 65.0 Å². The number of hydrazone groups is 1. The molecule has 2 unspecified atom stereocenters. The molecule has 30 heavy (non-hydrogen) atoms. The van der Waals surface area contributed by atoms with Crippen molar-refractivity contribution in [1.82, 2.24) is 5.43 Å². The normalized spacial score (nSPS) is 13.4. The summed E-state index contributed by atoms with van der Waals surface area (Å²) in [6.45, 7) is -0.364. The van der Waals surface area contributed by atoms with Crippen LogP contribution in [-0.2, 0) is 0 Å². The van der Waals surface area contributed by atoms with Crippen LogP contribution >= 0.6 is 11.6 Å². The molecule has 0 aliphatic carbocycles. The largest absolute Gasteiger partial charge is 0.491 e. The molecule has 2 amide bonds. The number of aliphatic hydroxyl groups is 3. The summed E-state index contributed by atoms with van der Waals surface area (Å²) in [7, 11) is 0. The number of ether oxygens (including phenoxy) is 2. The highest BCUT2D eigenvalue weighted by Crippen LogP contribution is 2.19. The highest BCUT2D eigenvalue weighted by atomic mass is 35.5. The van der Waals surface area contributed by atoms with Gasteiger partial charge in [-0.1, -0.05) is 0 Å². The van der Waals surface area contributed by atoms with Crippen molar-refractivity contribution in [1.29, 1.82) is 0 Å². The number of hydrogen-bond donors (Lipinski definition) is 5. The van der Waals surface area contributed by atoms with Gasteiger partial charge in [-0.25, -0.2) is 10.2 Å². The molecule has 2 rings (SSSR count). The molecule has 9 nitrogen and oxygen atoms in total. The summed E-state index contributed by atoms with van der Waals surface area (Å²) < 4.78 is 10.8. The zero-order valence-electron chi connectivity index (χ0n) is 16.1. The lowest BCUT2D eigenvalue weighted by Crippen LogP contribution is -2.26. The van der Waals surface area contributed by atoms with Crippen LogP contribution in [0.3, 0.4) is 0 Å². The maximum Gasteiger partial charge on any atom is 0.332 e. The summed E-state index contributed by atoms with van der Waals surface area (Å²) in [5.74, 6) is 1.11. The van der Waals surface area contributed by atoms with Crippen LogP contribution in [0.15, 0.2) is 53.6 Å². The van der Waals surface area contributed by atoms with E-state index in [-0.39, 0.29) is 19.1 Å². The molecule has 0 fully saturated rings. The molecule has 0 spiro atoms. The predicted octanol–water partition coefficient (Wildman–Crippen LogP) is 0.818. The number of carbonyl (C=O) groups is 1. The van der Waals surface area contributed by atoms with Gasteiger partial charge in [0.15, 0.2) is 0 Å². The van der Waals surface area contributed by atoms with Crippen LogP contribution in [0, 0.1) is 0 Å². The summed E-state index contributed by atoms with van der Waals surface area (Å²) in [5, 5.41) is 31.7. The van der Waals surface area contributed by atoms with Crippen LogP contribution in [0.5, 0.6) is 11.5 Å². The number of primary amides is 1. The van der Waals surface area contributed by atoms with Crippen molar-refractivity contribution in [2.75, 3.05) is 25.7 Å². The molecule has 0 aliphatic rings. The van der Waals surface area contributed by atoms with E-state index in [0.29, 0.717) is 28.3 Å². The number of urea groups is 1. The minimum atomic E-state index is -0.965. The Morgan fingerprint density at radius 3 is 1.83 bits per heavy atom. The number of nitrogens with zero attached hydrogens (tertiary/aromatic N) is 1. The third-order valence-electron chi connectivity index (χ3n) is 3.81. The van der Waals surface area contributed by atoms with Crippen molar-refractivity contribution in [3.05, 3.63) is 59.7 Å². The summed E-state index contributed by atoms with van der Waals surface area (Å²) in [6, 6.07) is 12.9. The van der Waals surface area contributed by atoms with Gasteiger partial charge in [-0.05, 0) is 48.5 Å². The van der Waals surface area contributed by atoms with Crippen molar-refractivity contribution in [2.45, 2.75) is 12.2 Å². The minimum absolute atomic E-state index is 0.0418. The molecule has 162 valence electrons. The smallest absolute Gasteiger partial charge is 0.332 e. The van der Waals surface area contributed by atoms with Gasteiger partial charge in [-0.15, -0.1) is 11.6 Å². The van der Waals surface area contributed by atoms with Crippen molar-refractivity contribution in [3.63, 3.8) is 0 Å². The number of halogens is 1. The van der Waals surface area contributed by atoms with Crippen LogP contribution in [0.2, 0.25) is 0 Å². The molecule has 0 saturated carbocycles. The first-order chi connectivity index (χ1) is 14.4. The van der Waals surface area contributed by atoms with Crippen LogP contribution in [0.4, 0.5) is 4.79 Å². The van der Waals surface area contributed by atoms with Gasteiger partial charge in [0.1, 0.15) is 36.9 Å². The predicted molar refractivity (Wildman–Crippen MR) is 112 cm³/mol. The standard InChI is InChI=1S/C20H24ClN3O6/c21-9-15(26)11-29-17-5-1-13(2-6-17)19(23-24-20(22)28)14-3-7-18(8-4-14)30-12-16(27)10-25/h1-8,15-16,25-27H,9-12H2,(H3,22,24,28)/b23-19+. The molecular weight excluding hydrogens is 414 g/mol. The highest BCUT2D eigenvalue weighted by molar-refractivity contribution is 6.18. The Hall–Kier alpha value is -2.85. The van der Waals surface area contributed by atoms with Gasteiger partial charge >= 0.3 is 6.03 Å². The zero-order chi connectivity index (χ0) is 21.9. The Kier molecular flexibility index (Phi) is 9.36. The molecule has 0 bridgehead atoms. The van der Waals surface area contributed by atoms with E-state index >= 15 is 0 Å². The molecular formula is C20H24ClN3O6. The maximum absolute atomic E-state index is 11.1. The number of nitrogens with one attached hydrogen (secondary N) is 1. The Bertz CT molecular complexity index is 770. The topological polar surface area (TPSA) is 147 Å². The number of benzene rings is 2. The van der Waals surface area contributed by atoms with Gasteiger partial charge < -0.3 is 30.5 Å². The Balaban J connectivity index is 2.18. The van der Waals surface area contributed by atoms with Gasteiger partial charge in [0.25, 0.3) is 0 Å². The number of rotatable bonds is 11. The monoisotopic (exact) mass is 437 g/mol. The Morgan fingerprint density at radius 1 is 0.967 bits per heavy atom. The zero-order valence-corrected chi connectivity index (χ0v) is 16.8. The summed E-state index contributed by atoms with van der Waals surface area (Å²) >= 11 is 5.54. The van der Waals surface area contributed by atoms with Crippen molar-refractivity contribution < 1.29 is 29.6 Å². The Labute approximate surface area is 178 Å². The highest BCUT2D eigenvalue weighted by Gasteiger charge is 2.10. The van der Waals surface area contributed by atoms with E-state index in [9.17, 15) is 15.0 Å². The minimum Gasteiger partial charge on any atom is -0.491 e. The molecule has 2 aromatic carbocycles. The number of amides is 2. The average molecular weight is 438 g/mol. The molecule has 0 aliphatic heterocycles. The van der Waals surface area contributed by atoms with E-state index < -0.39 is 24.8 Å². The van der Waals surface area contributed by atoms with Crippen molar-refractivity contribution in [3.8, 4) is 11.5 Å². The second-order valence-electron chi connectivity index (χ2n) is 6.25. The molecule has 0 aromatic heterocycles. The molecule has 2 aromatic rings. The van der Waals surface area contributed by atoms with Gasteiger partial charge in [0.2, 0.25) is 0 Å². The van der Waals surface area contributed by atoms with Gasteiger partial charge in [-0.2, -0.15) is 5.10 Å². The van der Waals surface area contributed by atoms with E-state index in [1.165, 1.54) is 0 Å². The van der Waals surface area contributed by atoms with Crippen LogP contribution in [0.25, 0.3) is 0 Å². The van der Waals surface area contributed by atoms with E-state index in [1.54, 1.807) is 48.5 Å². The maximum atomic E-state index is 11.1. The molecule has 0 saturated heterocycles. The van der Waals surface area contributed by atoms with E-state index in [0.717, 1.165) is 0 Å². The molecule has 6 N–H and O–H groups in total. The second-order valence-corrected chi connectivity index (χ2v) is 6.56. The molecule has 10 heteroatoms. The fourth-order valence-corrected chi connectivity index (χ4v) is 2.40. The van der Waals surface area contributed by atoms with Crippen molar-refractivity contribution in [2.24, 2.45) is 10.8 Å². The van der Waals surface area contributed by atoms with E-state index in [2.05, 4.69) is 10.5 Å². The number of nitrogens with two attached hydrogens (primary N) is 1. The van der Waals surface area contributed by atoms with Gasteiger partial charge in [-0.3, -0.25) is 0 Å². The number of hydrogen-bond acceptors (Lipinski definition) is 7. The third kappa shape index (κ3) is 7.53. The first-order valence-electron chi connectivity index (χ1n) is 9.05. The van der Waals surface area contributed by atoms with Crippen LogP contribution < -0.4 is 20.6 Å². The SMILES string of the molecule is NC(=O)N/N=C(/c1ccc(OCC(O)CO)cc1)c1ccc(OCC(O)CCl)cc1. The first kappa shape index (κ1) is 23.4. The number of aliphatic hydroxyl groups excluding tert-OH is 3. The molecule has 0 heterocycles. The second kappa shape index (κ2) is 12.0. The fourth-order valence-electron chi connectivity index (χ4n) is 2.31. The van der Waals surface area contributed by atoms with Crippen molar-refractivity contribution >= 4 is 23.3 Å². The number of carbonyl (C=O) groups excluding carboxylic acids is 1. The summed E-state index contributed by atoms with van der Waals surface area (Å²) in [6.07, 6.45) is -1.73. The lowest BCUT2D eigenvalue weighted by molar-refractivity contribution is 0.0536. The first-order valence-corrected chi connectivity index (χ1v) is 9.59. The Morgan fingerprint density at radius 2 is 1.43 bits per heavy atom. The van der Waals surface area contributed by atoms with E-state index in [4.69, 9.17) is 31.9 Å². The quantitative estimate of drug-likeness (QED) is 0.200. The summed E-state index contributed by atoms with van der Waals surface area (Å²) in [4.78, 5) is 11.1. The number of alkyl halides is 1. The summed E-state index contributed by atoms with van der Waals surface area (Å²) in [5.41, 5.74) is 9.15. The molecule has 2 atom stereocenters.